The third-order valence-electron chi connectivity index (χ3n) is 5.49. The number of hydrogen-bond acceptors (Lipinski definition) is 6. The SMILES string of the molecule is CC(C)OC(=O)N(CC1CCCCC1)c1cccc(-c2sc(C(=O)O)c(OCC(=O)O)c2Cl)c1. The number of nitrogens with zero attached hydrogens (tertiary/aromatic N) is 1. The van der Waals surface area contributed by atoms with Gasteiger partial charge in [-0.3, -0.25) is 4.90 Å². The molecule has 8 nitrogen and oxygen atoms in total. The Labute approximate surface area is 207 Å². The molecule has 2 N–H and O–H groups in total. The summed E-state index contributed by atoms with van der Waals surface area (Å²) in [4.78, 5) is 37.4. The fourth-order valence-corrected chi connectivity index (χ4v) is 5.38. The van der Waals surface area contributed by atoms with Crippen LogP contribution in [0.3, 0.4) is 0 Å². The standard InChI is InChI=1S/C24H28ClNO7S/c1-14(2)33-24(31)26(12-15-7-4-3-5-8-15)17-10-6-9-16(11-17)21-19(25)20(32-13-18(27)28)22(34-21)23(29)30/h6,9-11,14-15H,3-5,7-8,12-13H2,1-2H3,(H,27,28)(H,29,30). The van der Waals surface area contributed by atoms with Crippen molar-refractivity contribution in [1.29, 1.82) is 0 Å². The number of thiophene rings is 1. The Morgan fingerprint density at radius 1 is 1.18 bits per heavy atom. The van der Waals surface area contributed by atoms with Gasteiger partial charge < -0.3 is 19.7 Å². The van der Waals surface area contributed by atoms with E-state index in [1.807, 2.05) is 0 Å². The molecule has 10 heteroatoms. The zero-order chi connectivity index (χ0) is 24.8. The molecular formula is C24H28ClNO7S. The highest BCUT2D eigenvalue weighted by Gasteiger charge is 2.27. The highest BCUT2D eigenvalue weighted by molar-refractivity contribution is 7.18. The minimum Gasteiger partial charge on any atom is -0.479 e. The summed E-state index contributed by atoms with van der Waals surface area (Å²) in [5.41, 5.74) is 1.20. The summed E-state index contributed by atoms with van der Waals surface area (Å²) >= 11 is 7.32. The molecule has 0 bridgehead atoms. The lowest BCUT2D eigenvalue weighted by Crippen LogP contribution is -2.37. The van der Waals surface area contributed by atoms with Gasteiger partial charge in [-0.05, 0) is 50.3 Å². The quantitative estimate of drug-likeness (QED) is 0.416. The Morgan fingerprint density at radius 2 is 1.88 bits per heavy atom. The smallest absolute Gasteiger partial charge is 0.414 e. The van der Waals surface area contributed by atoms with Crippen molar-refractivity contribution < 1.29 is 34.1 Å². The van der Waals surface area contributed by atoms with E-state index in [4.69, 9.17) is 26.2 Å². The number of carboxylic acids is 2. The number of aromatic carboxylic acids is 1. The van der Waals surface area contributed by atoms with Crippen LogP contribution in [0.4, 0.5) is 10.5 Å². The van der Waals surface area contributed by atoms with E-state index in [1.54, 1.807) is 43.0 Å². The Kier molecular flexibility index (Phi) is 8.79. The van der Waals surface area contributed by atoms with Gasteiger partial charge in [-0.2, -0.15) is 0 Å². The second-order valence-electron chi connectivity index (χ2n) is 8.49. The van der Waals surface area contributed by atoms with Crippen LogP contribution in [-0.4, -0.2) is 47.5 Å². The molecule has 0 spiro atoms. The Bertz CT molecular complexity index is 1050. The van der Waals surface area contributed by atoms with Crippen molar-refractivity contribution in [2.24, 2.45) is 5.92 Å². The van der Waals surface area contributed by atoms with E-state index in [0.717, 1.165) is 37.0 Å². The van der Waals surface area contributed by atoms with Crippen molar-refractivity contribution in [3.8, 4) is 16.2 Å². The van der Waals surface area contributed by atoms with Crippen molar-refractivity contribution in [3.63, 3.8) is 0 Å². The molecule has 0 atom stereocenters. The van der Waals surface area contributed by atoms with Crippen LogP contribution in [-0.2, 0) is 9.53 Å². The third kappa shape index (κ3) is 6.42. The van der Waals surface area contributed by atoms with Gasteiger partial charge in [-0.25, -0.2) is 14.4 Å². The number of carbonyl (C=O) groups is 3. The first-order valence-electron chi connectivity index (χ1n) is 11.2. The summed E-state index contributed by atoms with van der Waals surface area (Å²) in [5, 5.41) is 18.5. The van der Waals surface area contributed by atoms with Crippen molar-refractivity contribution in [3.05, 3.63) is 34.2 Å². The zero-order valence-electron chi connectivity index (χ0n) is 19.1. The normalized spacial score (nSPS) is 14.1. The van der Waals surface area contributed by atoms with Crippen LogP contribution in [0, 0.1) is 5.92 Å². The largest absolute Gasteiger partial charge is 0.479 e. The molecule has 1 saturated carbocycles. The van der Waals surface area contributed by atoms with Crippen LogP contribution >= 0.6 is 22.9 Å². The molecule has 1 aliphatic rings. The summed E-state index contributed by atoms with van der Waals surface area (Å²) in [6.45, 7) is 3.40. The minimum absolute atomic E-state index is 0.0180. The van der Waals surface area contributed by atoms with Gasteiger partial charge >= 0.3 is 18.0 Å². The molecule has 0 radical (unpaired) electrons. The first kappa shape index (κ1) is 25.8. The summed E-state index contributed by atoms with van der Waals surface area (Å²) in [6.07, 6.45) is 4.87. The van der Waals surface area contributed by atoms with E-state index in [2.05, 4.69) is 0 Å². The predicted octanol–water partition coefficient (Wildman–Crippen LogP) is 6.16. The van der Waals surface area contributed by atoms with Crippen LogP contribution in [0.15, 0.2) is 24.3 Å². The molecule has 1 aliphatic carbocycles. The van der Waals surface area contributed by atoms with Gasteiger partial charge in [0.25, 0.3) is 0 Å². The van der Waals surface area contributed by atoms with Crippen molar-refractivity contribution in [1.82, 2.24) is 0 Å². The summed E-state index contributed by atoms with van der Waals surface area (Å²) in [7, 11) is 0. The molecule has 0 aliphatic heterocycles. The lowest BCUT2D eigenvalue weighted by atomic mass is 9.89. The third-order valence-corrected chi connectivity index (χ3v) is 7.17. The zero-order valence-corrected chi connectivity index (χ0v) is 20.7. The molecule has 1 fully saturated rings. The molecule has 1 amide bonds. The van der Waals surface area contributed by atoms with Crippen molar-refractivity contribution >= 4 is 46.7 Å². The van der Waals surface area contributed by atoms with Crippen LogP contribution in [0.1, 0.15) is 55.6 Å². The van der Waals surface area contributed by atoms with E-state index >= 15 is 0 Å². The molecule has 184 valence electrons. The average molecular weight is 510 g/mol. The maximum Gasteiger partial charge on any atom is 0.414 e. The van der Waals surface area contributed by atoms with E-state index < -0.39 is 24.6 Å². The van der Waals surface area contributed by atoms with Gasteiger partial charge in [0.15, 0.2) is 17.2 Å². The number of carboxylic acid groups (broad SMARTS) is 2. The minimum atomic E-state index is -1.27. The monoisotopic (exact) mass is 509 g/mol. The number of halogens is 1. The average Bonchev–Trinajstić information content (AvgIpc) is 3.12. The van der Waals surface area contributed by atoms with Crippen LogP contribution in [0.2, 0.25) is 5.02 Å². The number of hydrogen-bond donors (Lipinski definition) is 2. The number of benzene rings is 1. The van der Waals surface area contributed by atoms with E-state index in [9.17, 15) is 19.5 Å². The second kappa shape index (κ2) is 11.6. The first-order valence-corrected chi connectivity index (χ1v) is 12.4. The number of carbonyl (C=O) groups excluding carboxylic acids is 1. The highest BCUT2D eigenvalue weighted by Crippen LogP contribution is 2.46. The Hall–Kier alpha value is -2.78. The van der Waals surface area contributed by atoms with Crippen LogP contribution < -0.4 is 9.64 Å². The second-order valence-corrected chi connectivity index (χ2v) is 9.89. The lowest BCUT2D eigenvalue weighted by Gasteiger charge is -2.30. The predicted molar refractivity (Wildman–Crippen MR) is 130 cm³/mol. The van der Waals surface area contributed by atoms with Gasteiger partial charge in [0.05, 0.1) is 11.0 Å². The molecule has 1 heterocycles. The highest BCUT2D eigenvalue weighted by atomic mass is 35.5. The van der Waals surface area contributed by atoms with Crippen LogP contribution in [0.5, 0.6) is 5.75 Å². The Balaban J connectivity index is 1.97. The summed E-state index contributed by atoms with van der Waals surface area (Å²) in [6, 6.07) is 7.07. The van der Waals surface area contributed by atoms with Gasteiger partial charge in [-0.1, -0.05) is 43.0 Å². The van der Waals surface area contributed by atoms with Gasteiger partial charge in [0, 0.05) is 12.2 Å². The number of rotatable bonds is 9. The maximum atomic E-state index is 13.0. The maximum absolute atomic E-state index is 13.0. The van der Waals surface area contributed by atoms with Gasteiger partial charge in [0.1, 0.15) is 5.02 Å². The van der Waals surface area contributed by atoms with Crippen molar-refractivity contribution in [2.45, 2.75) is 52.1 Å². The summed E-state index contributed by atoms with van der Waals surface area (Å²) < 4.78 is 10.7. The van der Waals surface area contributed by atoms with E-state index in [0.29, 0.717) is 28.6 Å². The number of amides is 1. The molecular weight excluding hydrogens is 482 g/mol. The molecule has 1 aromatic heterocycles. The summed E-state index contributed by atoms with van der Waals surface area (Å²) in [5.74, 6) is -2.32. The number of aliphatic carboxylic acids is 1. The van der Waals surface area contributed by atoms with Crippen molar-refractivity contribution in [2.75, 3.05) is 18.1 Å². The van der Waals surface area contributed by atoms with Gasteiger partial charge in [-0.15, -0.1) is 11.3 Å². The number of ether oxygens (including phenoxy) is 2. The molecule has 3 rings (SSSR count). The fourth-order valence-electron chi connectivity index (χ4n) is 3.98. The van der Waals surface area contributed by atoms with E-state index in [1.165, 1.54) is 6.42 Å². The molecule has 2 aromatic rings. The molecule has 0 unspecified atom stereocenters. The number of anilines is 1. The lowest BCUT2D eigenvalue weighted by molar-refractivity contribution is -0.139. The van der Waals surface area contributed by atoms with Crippen LogP contribution in [0.25, 0.3) is 10.4 Å². The molecule has 34 heavy (non-hydrogen) atoms. The fraction of sp³-hybridized carbons (Fsp3) is 0.458. The van der Waals surface area contributed by atoms with E-state index in [-0.39, 0.29) is 21.8 Å². The molecule has 1 aromatic carbocycles. The topological polar surface area (TPSA) is 113 Å². The first-order chi connectivity index (χ1) is 16.2. The Morgan fingerprint density at radius 3 is 2.50 bits per heavy atom. The molecule has 0 saturated heterocycles. The van der Waals surface area contributed by atoms with Gasteiger partial charge in [0.2, 0.25) is 0 Å².